The van der Waals surface area contributed by atoms with Crippen molar-refractivity contribution in [2.45, 2.75) is 13.0 Å². The van der Waals surface area contributed by atoms with Crippen LogP contribution in [0.25, 0.3) is 5.82 Å². The number of halogens is 2. The van der Waals surface area contributed by atoms with E-state index in [2.05, 4.69) is 10.1 Å². The first-order chi connectivity index (χ1) is 13.4. The van der Waals surface area contributed by atoms with E-state index in [-0.39, 0.29) is 48.2 Å². The van der Waals surface area contributed by atoms with Gasteiger partial charge in [0, 0.05) is 30.4 Å². The molecule has 28 heavy (non-hydrogen) atoms. The Bertz CT molecular complexity index is 1100. The summed E-state index contributed by atoms with van der Waals surface area (Å²) >= 11 is 0. The molecular formula is C18H13F2N5O3. The number of pyridine rings is 1. The number of rotatable bonds is 3. The minimum atomic E-state index is -0.635. The monoisotopic (exact) mass is 385 g/mol. The minimum Gasteiger partial charge on any atom is -0.358 e. The summed E-state index contributed by atoms with van der Waals surface area (Å²) in [5.41, 5.74) is 0.739. The number of nitrogens with zero attached hydrogens (tertiary/aromatic N) is 5. The number of amides is 1. The number of carbonyl (C=O) groups excluding carboxylic acids is 1. The fourth-order valence-electron chi connectivity index (χ4n) is 3.17. The minimum absolute atomic E-state index is 0.0390. The van der Waals surface area contributed by atoms with E-state index in [0.29, 0.717) is 5.56 Å². The van der Waals surface area contributed by atoms with Gasteiger partial charge in [0.15, 0.2) is 5.82 Å². The molecule has 3 heterocycles. The van der Waals surface area contributed by atoms with Crippen molar-refractivity contribution >= 4 is 11.7 Å². The van der Waals surface area contributed by atoms with Gasteiger partial charge in [-0.25, -0.2) is 13.8 Å². The second-order valence-electron chi connectivity index (χ2n) is 6.24. The molecule has 1 aliphatic heterocycles. The summed E-state index contributed by atoms with van der Waals surface area (Å²) in [6.07, 6.45) is 2.96. The van der Waals surface area contributed by atoms with E-state index < -0.39 is 16.6 Å². The number of hydrogen-bond donors (Lipinski definition) is 0. The molecule has 1 aromatic carbocycles. The standard InChI is InChI=1S/C18H13F2N5O3/c19-14-1-2-15(20)13-10-23(7-4-12(13)14)18(26)11-3-6-21-17(9-11)24-8-5-16(22-24)25(27)28/h1-3,5-6,8-9H,4,7,10H2. The second-order valence-corrected chi connectivity index (χ2v) is 6.24. The van der Waals surface area contributed by atoms with Crippen molar-refractivity contribution in [2.75, 3.05) is 6.54 Å². The summed E-state index contributed by atoms with van der Waals surface area (Å²) in [5, 5.41) is 14.6. The first kappa shape index (κ1) is 17.7. The normalized spacial score (nSPS) is 13.3. The third-order valence-corrected chi connectivity index (χ3v) is 4.57. The molecule has 1 aliphatic rings. The molecule has 0 radical (unpaired) electrons. The highest BCUT2D eigenvalue weighted by molar-refractivity contribution is 5.94. The zero-order chi connectivity index (χ0) is 19.8. The number of hydrogen-bond acceptors (Lipinski definition) is 5. The van der Waals surface area contributed by atoms with Crippen LogP contribution in [0.15, 0.2) is 42.7 Å². The fraction of sp³-hybridized carbons (Fsp3) is 0.167. The Morgan fingerprint density at radius 3 is 2.61 bits per heavy atom. The van der Waals surface area contributed by atoms with Crippen LogP contribution < -0.4 is 0 Å². The van der Waals surface area contributed by atoms with Crippen LogP contribution in [0.5, 0.6) is 0 Å². The average molecular weight is 385 g/mol. The molecule has 10 heteroatoms. The maximum atomic E-state index is 14.1. The van der Waals surface area contributed by atoms with Gasteiger partial charge < -0.3 is 15.0 Å². The quantitative estimate of drug-likeness (QED) is 0.510. The van der Waals surface area contributed by atoms with Crippen molar-refractivity contribution < 1.29 is 18.5 Å². The Morgan fingerprint density at radius 1 is 1.14 bits per heavy atom. The molecule has 0 spiro atoms. The summed E-state index contributed by atoms with van der Waals surface area (Å²) in [7, 11) is 0. The Morgan fingerprint density at radius 2 is 1.89 bits per heavy atom. The molecule has 0 saturated carbocycles. The van der Waals surface area contributed by atoms with E-state index in [1.807, 2.05) is 0 Å². The molecule has 142 valence electrons. The highest BCUT2D eigenvalue weighted by Gasteiger charge is 2.26. The molecule has 0 unspecified atom stereocenters. The van der Waals surface area contributed by atoms with Crippen molar-refractivity contribution in [3.63, 3.8) is 0 Å². The lowest BCUT2D eigenvalue weighted by Crippen LogP contribution is -2.37. The predicted octanol–water partition coefficient (Wildman–Crippen LogP) is 2.65. The second kappa shape index (κ2) is 6.80. The molecule has 8 nitrogen and oxygen atoms in total. The van der Waals surface area contributed by atoms with E-state index in [1.165, 1.54) is 40.2 Å². The van der Waals surface area contributed by atoms with Gasteiger partial charge in [-0.1, -0.05) is 0 Å². The first-order valence-corrected chi connectivity index (χ1v) is 8.35. The number of nitro groups is 1. The zero-order valence-electron chi connectivity index (χ0n) is 14.4. The van der Waals surface area contributed by atoms with Gasteiger partial charge in [0.25, 0.3) is 5.91 Å². The Labute approximate surface area is 157 Å². The fourth-order valence-corrected chi connectivity index (χ4v) is 3.17. The first-order valence-electron chi connectivity index (χ1n) is 8.35. The lowest BCUT2D eigenvalue weighted by molar-refractivity contribution is -0.389. The molecule has 0 bridgehead atoms. The number of carbonyl (C=O) groups is 1. The van der Waals surface area contributed by atoms with Crippen LogP contribution in [-0.4, -0.2) is 37.0 Å². The zero-order valence-corrected chi connectivity index (χ0v) is 14.4. The molecule has 0 aliphatic carbocycles. The summed E-state index contributed by atoms with van der Waals surface area (Å²) in [5.74, 6) is -1.51. The van der Waals surface area contributed by atoms with Gasteiger partial charge in [0.05, 0.1) is 17.4 Å². The van der Waals surface area contributed by atoms with Crippen LogP contribution in [0.2, 0.25) is 0 Å². The lowest BCUT2D eigenvalue weighted by Gasteiger charge is -2.29. The molecule has 1 amide bonds. The maximum absolute atomic E-state index is 14.1. The largest absolute Gasteiger partial charge is 0.390 e. The van der Waals surface area contributed by atoms with Crippen molar-refractivity contribution in [1.82, 2.24) is 19.7 Å². The van der Waals surface area contributed by atoms with Crippen LogP contribution in [0.1, 0.15) is 21.5 Å². The van der Waals surface area contributed by atoms with Gasteiger partial charge in [-0.05, 0) is 41.2 Å². The third kappa shape index (κ3) is 3.08. The van der Waals surface area contributed by atoms with Crippen LogP contribution in [0.3, 0.4) is 0 Å². The van der Waals surface area contributed by atoms with Crippen molar-refractivity contribution in [2.24, 2.45) is 0 Å². The van der Waals surface area contributed by atoms with Gasteiger partial charge in [0.2, 0.25) is 0 Å². The molecule has 2 aromatic heterocycles. The van der Waals surface area contributed by atoms with Crippen molar-refractivity contribution in [3.8, 4) is 5.82 Å². The highest BCUT2D eigenvalue weighted by atomic mass is 19.1. The topological polar surface area (TPSA) is 94.2 Å². The van der Waals surface area contributed by atoms with Gasteiger partial charge in [-0.15, -0.1) is 4.68 Å². The van der Waals surface area contributed by atoms with Crippen molar-refractivity contribution in [3.05, 3.63) is 81.2 Å². The average Bonchev–Trinajstić information content (AvgIpc) is 3.21. The molecular weight excluding hydrogens is 372 g/mol. The summed E-state index contributed by atoms with van der Waals surface area (Å²) in [4.78, 5) is 28.5. The predicted molar refractivity (Wildman–Crippen MR) is 92.8 cm³/mol. The van der Waals surface area contributed by atoms with E-state index in [1.54, 1.807) is 0 Å². The summed E-state index contributed by atoms with van der Waals surface area (Å²) in [6, 6.07) is 6.29. The van der Waals surface area contributed by atoms with Gasteiger partial charge >= 0.3 is 5.82 Å². The SMILES string of the molecule is O=C(c1ccnc(-n2ccc([N+](=O)[O-])n2)c1)N1CCc2c(F)ccc(F)c2C1. The summed E-state index contributed by atoms with van der Waals surface area (Å²) < 4.78 is 29.1. The van der Waals surface area contributed by atoms with Gasteiger partial charge in [-0.2, -0.15) is 0 Å². The van der Waals surface area contributed by atoms with E-state index >= 15 is 0 Å². The van der Waals surface area contributed by atoms with Crippen LogP contribution in [0.4, 0.5) is 14.6 Å². The Hall–Kier alpha value is -3.69. The smallest absolute Gasteiger partial charge is 0.358 e. The molecule has 0 saturated heterocycles. The Balaban J connectivity index is 1.60. The number of benzene rings is 1. The van der Waals surface area contributed by atoms with Crippen molar-refractivity contribution in [1.29, 1.82) is 0 Å². The van der Waals surface area contributed by atoms with Gasteiger partial charge in [-0.3, -0.25) is 4.79 Å². The van der Waals surface area contributed by atoms with E-state index in [0.717, 1.165) is 12.1 Å². The van der Waals surface area contributed by atoms with Crippen LogP contribution in [0, 0.1) is 21.7 Å². The third-order valence-electron chi connectivity index (χ3n) is 4.57. The molecule has 3 aromatic rings. The molecule has 0 atom stereocenters. The van der Waals surface area contributed by atoms with Gasteiger partial charge in [0.1, 0.15) is 11.6 Å². The Kier molecular flexibility index (Phi) is 4.30. The molecule has 0 fully saturated rings. The number of aromatic nitrogens is 3. The highest BCUT2D eigenvalue weighted by Crippen LogP contribution is 2.25. The maximum Gasteiger partial charge on any atom is 0.390 e. The lowest BCUT2D eigenvalue weighted by atomic mass is 9.98. The van der Waals surface area contributed by atoms with Crippen LogP contribution >= 0.6 is 0 Å². The van der Waals surface area contributed by atoms with E-state index in [9.17, 15) is 23.7 Å². The van der Waals surface area contributed by atoms with E-state index in [4.69, 9.17) is 0 Å². The summed E-state index contributed by atoms with van der Waals surface area (Å²) in [6.45, 7) is 0.208. The molecule has 4 rings (SSSR count). The van der Waals surface area contributed by atoms with Crippen LogP contribution in [-0.2, 0) is 13.0 Å². The molecule has 0 N–H and O–H groups in total. The number of fused-ring (bicyclic) bond motifs is 1.